The normalized spacial score (nSPS) is 10.7. The van der Waals surface area contributed by atoms with Crippen LogP contribution < -0.4 is 0 Å². The van der Waals surface area contributed by atoms with Crippen molar-refractivity contribution in [3.63, 3.8) is 0 Å². The van der Waals surface area contributed by atoms with Crippen LogP contribution >= 0.6 is 0 Å². The summed E-state index contributed by atoms with van der Waals surface area (Å²) in [5.41, 5.74) is 0. The summed E-state index contributed by atoms with van der Waals surface area (Å²) in [7, 11) is 2.13. The number of rotatable bonds is 5. The van der Waals surface area contributed by atoms with Crippen molar-refractivity contribution in [2.24, 2.45) is 0 Å². The highest BCUT2D eigenvalue weighted by Gasteiger charge is 1.92. The third kappa shape index (κ3) is 5.84. The van der Waals surface area contributed by atoms with E-state index >= 15 is 0 Å². The summed E-state index contributed by atoms with van der Waals surface area (Å²) in [6, 6.07) is 0. The predicted octanol–water partition coefficient (Wildman–Crippen LogP) is 1.76. The molecule has 0 aromatic heterocycles. The average Bonchev–Trinajstić information content (AvgIpc) is 1.85. The van der Waals surface area contributed by atoms with Crippen molar-refractivity contribution in [1.29, 1.82) is 0 Å². The Kier molecular flexibility index (Phi) is 6.06. The van der Waals surface area contributed by atoms with E-state index in [9.17, 15) is 0 Å². The zero-order valence-electron chi connectivity index (χ0n) is 6.40. The van der Waals surface area contributed by atoms with E-state index in [1.165, 1.54) is 13.0 Å². The lowest BCUT2D eigenvalue weighted by Gasteiger charge is -2.13. The fraction of sp³-hybridized carbons (Fsp3) is 0.750. The van der Waals surface area contributed by atoms with E-state index in [1.54, 1.807) is 0 Å². The lowest BCUT2D eigenvalue weighted by Crippen LogP contribution is -2.20. The molecule has 0 spiro atoms. The van der Waals surface area contributed by atoms with Crippen molar-refractivity contribution >= 4 is 0 Å². The molecule has 0 N–H and O–H groups in total. The summed E-state index contributed by atoms with van der Waals surface area (Å²) < 4.78 is 0. The van der Waals surface area contributed by atoms with Gasteiger partial charge in [0.1, 0.15) is 0 Å². The fourth-order valence-electron chi connectivity index (χ4n) is 0.763. The Bertz CT molecular complexity index is 52.5. The van der Waals surface area contributed by atoms with Crippen LogP contribution in [0.15, 0.2) is 0 Å². The lowest BCUT2D eigenvalue weighted by atomic mass is 10.3. The van der Waals surface area contributed by atoms with E-state index in [4.69, 9.17) is 0 Å². The Hall–Kier alpha value is -0.0400. The average molecular weight is 127 g/mol. The second-order valence-electron chi connectivity index (χ2n) is 2.36. The summed E-state index contributed by atoms with van der Waals surface area (Å²) in [6.45, 7) is 9.83. The molecular weight excluding hydrogens is 110 g/mol. The maximum absolute atomic E-state index is 3.78. The monoisotopic (exact) mass is 127 g/mol. The molecule has 54 valence electrons. The van der Waals surface area contributed by atoms with Crippen LogP contribution in [0, 0.1) is 13.8 Å². The quantitative estimate of drug-likeness (QED) is 0.544. The maximum atomic E-state index is 3.78. The minimum Gasteiger partial charge on any atom is -0.306 e. The van der Waals surface area contributed by atoms with Crippen molar-refractivity contribution in [2.75, 3.05) is 20.1 Å². The van der Waals surface area contributed by atoms with Gasteiger partial charge in [-0.1, -0.05) is 20.3 Å². The third-order valence-corrected chi connectivity index (χ3v) is 1.33. The molecule has 1 nitrogen and oxygen atoms in total. The van der Waals surface area contributed by atoms with Crippen LogP contribution in [0.5, 0.6) is 0 Å². The minimum absolute atomic E-state index is 1.01. The summed E-state index contributed by atoms with van der Waals surface area (Å²) in [6.07, 6.45) is 3.26. The first-order chi connectivity index (χ1) is 4.31. The van der Waals surface area contributed by atoms with Crippen LogP contribution in [-0.2, 0) is 0 Å². The summed E-state index contributed by atoms with van der Waals surface area (Å²) in [5, 5.41) is 0. The van der Waals surface area contributed by atoms with Crippen molar-refractivity contribution in [3.05, 3.63) is 13.8 Å². The van der Waals surface area contributed by atoms with E-state index in [2.05, 4.69) is 25.8 Å². The molecule has 0 fully saturated rings. The molecule has 0 heterocycles. The van der Waals surface area contributed by atoms with E-state index in [0.717, 1.165) is 19.4 Å². The van der Waals surface area contributed by atoms with Gasteiger partial charge in [0.25, 0.3) is 0 Å². The fourth-order valence-corrected chi connectivity index (χ4v) is 0.763. The van der Waals surface area contributed by atoms with Gasteiger partial charge < -0.3 is 4.90 Å². The van der Waals surface area contributed by atoms with Gasteiger partial charge in [0.15, 0.2) is 0 Å². The van der Waals surface area contributed by atoms with Crippen LogP contribution in [0.1, 0.15) is 19.3 Å². The van der Waals surface area contributed by atoms with E-state index in [-0.39, 0.29) is 0 Å². The molecule has 0 aliphatic carbocycles. The molecule has 0 unspecified atom stereocenters. The highest BCUT2D eigenvalue weighted by Crippen LogP contribution is 1.91. The van der Waals surface area contributed by atoms with Crippen LogP contribution in [0.3, 0.4) is 0 Å². The molecule has 9 heavy (non-hydrogen) atoms. The Balaban J connectivity index is 2.95. The van der Waals surface area contributed by atoms with Gasteiger partial charge in [0, 0.05) is 0 Å². The first-order valence-electron chi connectivity index (χ1n) is 3.58. The first kappa shape index (κ1) is 8.96. The highest BCUT2D eigenvalue weighted by atomic mass is 15.1. The molecule has 0 saturated carbocycles. The van der Waals surface area contributed by atoms with Gasteiger partial charge >= 0.3 is 0 Å². The zero-order valence-corrected chi connectivity index (χ0v) is 6.40. The van der Waals surface area contributed by atoms with Gasteiger partial charge in [0.2, 0.25) is 0 Å². The number of unbranched alkanes of at least 4 members (excludes halogenated alkanes) is 1. The van der Waals surface area contributed by atoms with Crippen molar-refractivity contribution in [1.82, 2.24) is 4.90 Å². The Morgan fingerprint density at radius 2 is 1.78 bits per heavy atom. The van der Waals surface area contributed by atoms with Gasteiger partial charge in [-0.25, -0.2) is 0 Å². The second-order valence-corrected chi connectivity index (χ2v) is 2.36. The van der Waals surface area contributed by atoms with Crippen LogP contribution in [0.4, 0.5) is 0 Å². The Labute approximate surface area is 59.1 Å². The smallest absolute Gasteiger partial charge is 0.00218 e. The topological polar surface area (TPSA) is 3.24 Å². The summed E-state index contributed by atoms with van der Waals surface area (Å²) >= 11 is 0. The van der Waals surface area contributed by atoms with Crippen molar-refractivity contribution in [3.8, 4) is 0 Å². The summed E-state index contributed by atoms with van der Waals surface area (Å²) in [4.78, 5) is 2.29. The van der Waals surface area contributed by atoms with Crippen LogP contribution in [0.2, 0.25) is 0 Å². The van der Waals surface area contributed by atoms with Crippen LogP contribution in [-0.4, -0.2) is 25.0 Å². The molecule has 0 aromatic carbocycles. The lowest BCUT2D eigenvalue weighted by molar-refractivity contribution is 0.336. The third-order valence-electron chi connectivity index (χ3n) is 1.33. The molecule has 0 amide bonds. The van der Waals surface area contributed by atoms with Gasteiger partial charge in [-0.3, -0.25) is 0 Å². The molecule has 0 aromatic rings. The molecule has 0 saturated heterocycles. The maximum Gasteiger partial charge on any atom is -0.00218 e. The molecule has 0 aliphatic rings. The molecule has 0 aliphatic heterocycles. The van der Waals surface area contributed by atoms with Gasteiger partial charge in [0.05, 0.1) is 0 Å². The minimum atomic E-state index is 1.01. The van der Waals surface area contributed by atoms with Gasteiger partial charge in [-0.05, 0) is 33.0 Å². The SMILES string of the molecule is [CH2]CCCN(C)CC[CH2]. The van der Waals surface area contributed by atoms with E-state index in [1.807, 2.05) is 0 Å². The van der Waals surface area contributed by atoms with Crippen LogP contribution in [0.25, 0.3) is 0 Å². The molecule has 2 radical (unpaired) electrons. The van der Waals surface area contributed by atoms with Crippen molar-refractivity contribution in [2.45, 2.75) is 19.3 Å². The number of nitrogens with zero attached hydrogens (tertiary/aromatic N) is 1. The molecule has 0 atom stereocenters. The predicted molar refractivity (Wildman–Crippen MR) is 42.1 cm³/mol. The largest absolute Gasteiger partial charge is 0.306 e. The standard InChI is InChI=1S/C8H17N/c1-4-6-8-9(3)7-5-2/h1-2,4-8H2,3H3. The Morgan fingerprint density at radius 1 is 1.11 bits per heavy atom. The van der Waals surface area contributed by atoms with Crippen molar-refractivity contribution < 1.29 is 0 Å². The molecule has 0 bridgehead atoms. The second kappa shape index (κ2) is 6.09. The van der Waals surface area contributed by atoms with Gasteiger partial charge in [-0.2, -0.15) is 0 Å². The highest BCUT2D eigenvalue weighted by molar-refractivity contribution is 4.53. The van der Waals surface area contributed by atoms with E-state index < -0.39 is 0 Å². The zero-order chi connectivity index (χ0) is 7.11. The molecular formula is C8H17N. The first-order valence-corrected chi connectivity index (χ1v) is 3.58. The molecule has 0 rings (SSSR count). The van der Waals surface area contributed by atoms with E-state index in [0.29, 0.717) is 0 Å². The number of hydrogen-bond acceptors (Lipinski definition) is 1. The molecule has 1 heteroatoms. The van der Waals surface area contributed by atoms with Gasteiger partial charge in [-0.15, -0.1) is 0 Å². The Morgan fingerprint density at radius 3 is 2.22 bits per heavy atom. The number of hydrogen-bond donors (Lipinski definition) is 0. The summed E-state index contributed by atoms with van der Waals surface area (Å²) in [5.74, 6) is 0.